The van der Waals surface area contributed by atoms with Gasteiger partial charge in [0, 0.05) is 20.2 Å². The number of carbonyl (C=O) groups excluding carboxylic acids is 1. The summed E-state index contributed by atoms with van der Waals surface area (Å²) in [5.41, 5.74) is 0.251. The third-order valence-electron chi connectivity index (χ3n) is 2.82. The quantitative estimate of drug-likeness (QED) is 0.864. The summed E-state index contributed by atoms with van der Waals surface area (Å²) in [7, 11) is 4.76. The van der Waals surface area contributed by atoms with E-state index in [-0.39, 0.29) is 23.3 Å². The van der Waals surface area contributed by atoms with E-state index in [0.29, 0.717) is 12.4 Å². The molecule has 18 heavy (non-hydrogen) atoms. The number of likely N-dealkylation sites (N-methyl/N-ethyl adjacent to an activating group) is 1. The number of amides is 1. The normalized spacial score (nSPS) is 12.0. The van der Waals surface area contributed by atoms with Crippen molar-refractivity contribution >= 4 is 5.91 Å². The molecule has 0 aliphatic carbocycles. The number of nitrogens with zero attached hydrogens (tertiary/aromatic N) is 1. The molecule has 0 heterocycles. The Kier molecular flexibility index (Phi) is 4.97. The van der Waals surface area contributed by atoms with Crippen LogP contribution in [0.4, 0.5) is 0 Å². The van der Waals surface area contributed by atoms with E-state index in [1.54, 1.807) is 26.3 Å². The highest BCUT2D eigenvalue weighted by atomic mass is 16.5. The van der Waals surface area contributed by atoms with Crippen LogP contribution in [0.25, 0.3) is 0 Å². The van der Waals surface area contributed by atoms with Crippen LogP contribution in [0.1, 0.15) is 17.3 Å². The molecule has 0 fully saturated rings. The lowest BCUT2D eigenvalue weighted by atomic mass is 10.1. The summed E-state index contributed by atoms with van der Waals surface area (Å²) >= 11 is 0. The lowest BCUT2D eigenvalue weighted by molar-refractivity contribution is 0.0630. The molecule has 0 bridgehead atoms. The zero-order valence-corrected chi connectivity index (χ0v) is 11.1. The summed E-state index contributed by atoms with van der Waals surface area (Å²) in [6, 6.07) is 4.54. The van der Waals surface area contributed by atoms with Gasteiger partial charge in [0.15, 0.2) is 0 Å². The molecule has 0 aliphatic heterocycles. The molecular formula is C13H19NO4. The van der Waals surface area contributed by atoms with Crippen LogP contribution in [0.2, 0.25) is 0 Å². The maximum Gasteiger partial charge on any atom is 0.257 e. The largest absolute Gasteiger partial charge is 0.507 e. The van der Waals surface area contributed by atoms with E-state index in [1.165, 1.54) is 18.1 Å². The molecule has 1 unspecified atom stereocenters. The van der Waals surface area contributed by atoms with E-state index >= 15 is 0 Å². The molecule has 1 N–H and O–H groups in total. The molecule has 1 atom stereocenters. The van der Waals surface area contributed by atoms with Gasteiger partial charge in [-0.3, -0.25) is 4.79 Å². The van der Waals surface area contributed by atoms with Crippen LogP contribution in [0.15, 0.2) is 18.2 Å². The van der Waals surface area contributed by atoms with Crippen LogP contribution in [0, 0.1) is 0 Å². The van der Waals surface area contributed by atoms with Gasteiger partial charge in [-0.05, 0) is 19.1 Å². The van der Waals surface area contributed by atoms with Crippen molar-refractivity contribution in [2.45, 2.75) is 13.0 Å². The van der Waals surface area contributed by atoms with E-state index in [0.717, 1.165) is 0 Å². The average molecular weight is 253 g/mol. The van der Waals surface area contributed by atoms with Gasteiger partial charge >= 0.3 is 0 Å². The zero-order valence-electron chi connectivity index (χ0n) is 11.1. The maximum atomic E-state index is 12.2. The van der Waals surface area contributed by atoms with Gasteiger partial charge in [0.2, 0.25) is 0 Å². The topological polar surface area (TPSA) is 59.0 Å². The van der Waals surface area contributed by atoms with Crippen molar-refractivity contribution in [1.82, 2.24) is 4.90 Å². The van der Waals surface area contributed by atoms with E-state index in [4.69, 9.17) is 9.47 Å². The highest BCUT2D eigenvalue weighted by Crippen LogP contribution is 2.24. The Bertz CT molecular complexity index is 419. The molecule has 1 rings (SSSR count). The van der Waals surface area contributed by atoms with Crippen molar-refractivity contribution < 1.29 is 19.4 Å². The van der Waals surface area contributed by atoms with Crippen LogP contribution in [-0.4, -0.2) is 49.8 Å². The molecule has 1 amide bonds. The molecular weight excluding hydrogens is 234 g/mol. The van der Waals surface area contributed by atoms with E-state index in [1.807, 2.05) is 6.92 Å². The Morgan fingerprint density at radius 2 is 2.11 bits per heavy atom. The summed E-state index contributed by atoms with van der Waals surface area (Å²) < 4.78 is 9.97. The second kappa shape index (κ2) is 6.26. The Morgan fingerprint density at radius 3 is 2.61 bits per heavy atom. The number of benzene rings is 1. The first-order valence-electron chi connectivity index (χ1n) is 5.64. The Balaban J connectivity index is 2.90. The standard InChI is InChI=1S/C13H19NO4/c1-9(8-17-3)14(2)13(16)11-6-5-10(18-4)7-12(11)15/h5-7,9,15H,8H2,1-4H3. The van der Waals surface area contributed by atoms with Gasteiger partial charge in [-0.1, -0.05) is 0 Å². The molecule has 5 heteroatoms. The average Bonchev–Trinajstić information content (AvgIpc) is 2.37. The van der Waals surface area contributed by atoms with Gasteiger partial charge in [0.25, 0.3) is 5.91 Å². The van der Waals surface area contributed by atoms with Crippen LogP contribution >= 0.6 is 0 Å². The Labute approximate surface area is 107 Å². The predicted octanol–water partition coefficient (Wildman–Crippen LogP) is 1.51. The summed E-state index contributed by atoms with van der Waals surface area (Å²) in [4.78, 5) is 13.7. The minimum atomic E-state index is -0.250. The van der Waals surface area contributed by atoms with Crippen LogP contribution in [0.3, 0.4) is 0 Å². The van der Waals surface area contributed by atoms with Crippen LogP contribution < -0.4 is 4.74 Å². The maximum absolute atomic E-state index is 12.2. The second-order valence-electron chi connectivity index (χ2n) is 4.10. The number of hydrogen-bond acceptors (Lipinski definition) is 4. The zero-order chi connectivity index (χ0) is 13.7. The van der Waals surface area contributed by atoms with E-state index < -0.39 is 0 Å². The molecule has 0 saturated heterocycles. The van der Waals surface area contributed by atoms with Crippen molar-refractivity contribution in [1.29, 1.82) is 0 Å². The predicted molar refractivity (Wildman–Crippen MR) is 68.1 cm³/mol. The van der Waals surface area contributed by atoms with Crippen molar-refractivity contribution in [2.75, 3.05) is 27.9 Å². The fraction of sp³-hybridized carbons (Fsp3) is 0.462. The number of carbonyl (C=O) groups is 1. The van der Waals surface area contributed by atoms with E-state index in [2.05, 4.69) is 0 Å². The van der Waals surface area contributed by atoms with Gasteiger partial charge in [0.05, 0.1) is 25.3 Å². The SMILES string of the molecule is COCC(C)N(C)C(=O)c1ccc(OC)cc1O. The molecule has 5 nitrogen and oxygen atoms in total. The molecule has 0 aliphatic rings. The fourth-order valence-corrected chi connectivity index (χ4v) is 1.56. The Hall–Kier alpha value is -1.75. The number of phenols is 1. The first kappa shape index (κ1) is 14.3. The lowest BCUT2D eigenvalue weighted by Gasteiger charge is -2.24. The lowest BCUT2D eigenvalue weighted by Crippen LogP contribution is -2.37. The molecule has 1 aromatic rings. The minimum absolute atomic E-state index is 0.0657. The molecule has 0 aromatic heterocycles. The number of aromatic hydroxyl groups is 1. The van der Waals surface area contributed by atoms with Gasteiger partial charge in [-0.15, -0.1) is 0 Å². The van der Waals surface area contributed by atoms with Crippen molar-refractivity contribution in [3.63, 3.8) is 0 Å². The van der Waals surface area contributed by atoms with Gasteiger partial charge in [0.1, 0.15) is 11.5 Å². The Morgan fingerprint density at radius 1 is 1.44 bits per heavy atom. The number of methoxy groups -OCH3 is 2. The third kappa shape index (κ3) is 3.13. The van der Waals surface area contributed by atoms with Crippen LogP contribution in [-0.2, 0) is 4.74 Å². The summed E-state index contributed by atoms with van der Waals surface area (Å²) in [6.45, 7) is 2.32. The fourth-order valence-electron chi connectivity index (χ4n) is 1.56. The van der Waals surface area contributed by atoms with Crippen molar-refractivity contribution in [2.24, 2.45) is 0 Å². The number of phenolic OH excluding ortho intramolecular Hbond substituents is 1. The number of rotatable bonds is 5. The number of hydrogen-bond donors (Lipinski definition) is 1. The highest BCUT2D eigenvalue weighted by molar-refractivity contribution is 5.97. The first-order valence-corrected chi connectivity index (χ1v) is 5.64. The van der Waals surface area contributed by atoms with Gasteiger partial charge in [-0.25, -0.2) is 0 Å². The van der Waals surface area contributed by atoms with Crippen LogP contribution in [0.5, 0.6) is 11.5 Å². The molecule has 0 saturated carbocycles. The third-order valence-corrected chi connectivity index (χ3v) is 2.82. The second-order valence-corrected chi connectivity index (χ2v) is 4.10. The number of ether oxygens (including phenoxy) is 2. The van der Waals surface area contributed by atoms with Gasteiger partial charge < -0.3 is 19.5 Å². The van der Waals surface area contributed by atoms with Crippen molar-refractivity contribution in [3.05, 3.63) is 23.8 Å². The summed E-state index contributed by atoms with van der Waals surface area (Å²) in [6.07, 6.45) is 0. The smallest absolute Gasteiger partial charge is 0.257 e. The highest BCUT2D eigenvalue weighted by Gasteiger charge is 2.20. The summed E-state index contributed by atoms with van der Waals surface area (Å²) in [5, 5.41) is 9.79. The molecule has 100 valence electrons. The first-order chi connectivity index (χ1) is 8.51. The monoisotopic (exact) mass is 253 g/mol. The summed E-state index contributed by atoms with van der Waals surface area (Å²) in [5.74, 6) is 0.173. The molecule has 1 aromatic carbocycles. The molecule has 0 spiro atoms. The van der Waals surface area contributed by atoms with Crippen molar-refractivity contribution in [3.8, 4) is 11.5 Å². The molecule has 0 radical (unpaired) electrons. The van der Waals surface area contributed by atoms with Gasteiger partial charge in [-0.2, -0.15) is 0 Å². The minimum Gasteiger partial charge on any atom is -0.507 e. The van der Waals surface area contributed by atoms with E-state index in [9.17, 15) is 9.90 Å².